The molecule has 0 rings (SSSR count). The molecule has 0 heterocycles. The van der Waals surface area contributed by atoms with Crippen LogP contribution in [0, 0.1) is 0 Å². The molecule has 0 fully saturated rings. The van der Waals surface area contributed by atoms with E-state index in [0.717, 1.165) is 0 Å². The molecule has 0 bridgehead atoms. The summed E-state index contributed by atoms with van der Waals surface area (Å²) in [6.07, 6.45) is 26.4. The van der Waals surface area contributed by atoms with E-state index in [9.17, 15) is 0 Å². The fraction of sp³-hybridized carbons (Fsp3) is 1.00. The first-order valence-electron chi connectivity index (χ1n) is 12.4. The molecule has 0 aromatic carbocycles. The molecule has 29 heavy (non-hydrogen) atoms. The van der Waals surface area contributed by atoms with E-state index in [4.69, 9.17) is 20.3 Å². The van der Waals surface area contributed by atoms with Crippen molar-refractivity contribution in [1.82, 2.24) is 0 Å². The van der Waals surface area contributed by atoms with E-state index < -0.39 is 0 Å². The molecule has 0 radical (unpaired) electrons. The molecule has 0 aromatic rings. The van der Waals surface area contributed by atoms with Crippen molar-refractivity contribution in [1.29, 1.82) is 0 Å². The molecule has 0 aliphatic heterocycles. The zero-order valence-corrected chi connectivity index (χ0v) is 25.1. The predicted molar refractivity (Wildman–Crippen MR) is 144 cm³/mol. The van der Waals surface area contributed by atoms with Gasteiger partial charge in [-0.25, -0.2) is 0 Å². The van der Waals surface area contributed by atoms with Crippen LogP contribution < -0.4 is 0 Å². The molecule has 0 N–H and O–H groups in total. The molecule has 0 amide bonds. The van der Waals surface area contributed by atoms with Crippen molar-refractivity contribution in [2.75, 3.05) is 37.0 Å². The van der Waals surface area contributed by atoms with Crippen LogP contribution in [0.3, 0.4) is 0 Å². The Bertz CT molecular complexity index is 197. The van der Waals surface area contributed by atoms with E-state index in [1.807, 2.05) is 0 Å². The molecular formula is C24H54Cl2CoP2. The quantitative estimate of drug-likeness (QED) is 0.153. The number of halogens is 2. The molecule has 0 aliphatic rings. The summed E-state index contributed by atoms with van der Waals surface area (Å²) in [5.74, 6) is 0. The van der Waals surface area contributed by atoms with Crippen LogP contribution in [0.1, 0.15) is 119 Å². The summed E-state index contributed by atoms with van der Waals surface area (Å²) in [6, 6.07) is 0. The van der Waals surface area contributed by atoms with Gasteiger partial charge in [0.15, 0.2) is 0 Å². The summed E-state index contributed by atoms with van der Waals surface area (Å²) in [5.41, 5.74) is 0. The van der Waals surface area contributed by atoms with E-state index in [1.54, 1.807) is 37.0 Å². The van der Waals surface area contributed by atoms with E-state index >= 15 is 0 Å². The van der Waals surface area contributed by atoms with Gasteiger partial charge in [-0.15, -0.1) is 15.8 Å². The second-order valence-corrected chi connectivity index (χ2v) is 14.9. The zero-order chi connectivity index (χ0) is 22.6. The number of hydrogen-bond donors (Lipinski definition) is 0. The molecule has 5 heteroatoms. The van der Waals surface area contributed by atoms with Crippen LogP contribution in [-0.2, 0) is 12.9 Å². The topological polar surface area (TPSA) is 0 Å². The summed E-state index contributed by atoms with van der Waals surface area (Å²) in [5, 5.41) is 0. The Morgan fingerprint density at radius 3 is 0.655 bits per heavy atom. The predicted octanol–water partition coefficient (Wildman–Crippen LogP) is 11.1. The molecule has 0 aliphatic carbocycles. The van der Waals surface area contributed by atoms with Crippen molar-refractivity contribution in [3.63, 3.8) is 0 Å². The normalized spacial score (nSPS) is 10.7. The number of rotatable bonds is 18. The van der Waals surface area contributed by atoms with Gasteiger partial charge in [0.25, 0.3) is 0 Å². The van der Waals surface area contributed by atoms with Crippen molar-refractivity contribution in [2.45, 2.75) is 119 Å². The molecule has 0 spiro atoms. The van der Waals surface area contributed by atoms with Crippen molar-refractivity contribution in [3.05, 3.63) is 0 Å². The zero-order valence-electron chi connectivity index (χ0n) is 20.7. The van der Waals surface area contributed by atoms with Gasteiger partial charge in [0, 0.05) is 0 Å². The van der Waals surface area contributed by atoms with Crippen LogP contribution in [-0.4, -0.2) is 37.0 Å². The summed E-state index contributed by atoms with van der Waals surface area (Å²) in [6.45, 7) is 13.9. The monoisotopic (exact) mass is 533 g/mol. The van der Waals surface area contributed by atoms with Gasteiger partial charge in [-0.3, -0.25) is 0 Å². The van der Waals surface area contributed by atoms with E-state index in [0.29, 0.717) is 28.7 Å². The Labute approximate surface area is 203 Å². The fourth-order valence-electron chi connectivity index (χ4n) is 2.96. The average Bonchev–Trinajstić information content (AvgIpc) is 2.73. The van der Waals surface area contributed by atoms with Gasteiger partial charge in [-0.2, -0.15) is 0 Å². The standard InChI is InChI=1S/2C12H27P.2ClH.Co/c2*1-4-7-10-13(11-8-5-2)12-9-6-3;;;/h2*4-12H2,1-3H3;2*1H;/q;;;;+2/p-2. The van der Waals surface area contributed by atoms with Crippen LogP contribution in [0.15, 0.2) is 0 Å². The Morgan fingerprint density at radius 1 is 0.414 bits per heavy atom. The SMILES string of the molecule is CCCCP(CCCC)CCCC.CCCCP(CCCC)CCCC.[Cl][Co][Cl]. The van der Waals surface area contributed by atoms with E-state index in [1.165, 1.54) is 77.0 Å². The maximum absolute atomic E-state index is 4.73. The third-order valence-electron chi connectivity index (χ3n) is 4.97. The Kier molecular flexibility index (Phi) is 42.3. The van der Waals surface area contributed by atoms with Gasteiger partial charge in [0.2, 0.25) is 0 Å². The van der Waals surface area contributed by atoms with Crippen molar-refractivity contribution < 1.29 is 12.9 Å². The van der Waals surface area contributed by atoms with Gasteiger partial charge in [0.1, 0.15) is 0 Å². The van der Waals surface area contributed by atoms with Crippen LogP contribution in [0.4, 0.5) is 0 Å². The summed E-state index contributed by atoms with van der Waals surface area (Å²) >= 11 is 0.382. The number of hydrogen-bond acceptors (Lipinski definition) is 0. The molecule has 183 valence electrons. The molecule has 0 saturated carbocycles. The van der Waals surface area contributed by atoms with Crippen molar-refractivity contribution in [2.24, 2.45) is 0 Å². The average molecular weight is 534 g/mol. The molecular weight excluding hydrogens is 480 g/mol. The molecule has 0 saturated heterocycles. The fourth-order valence-corrected chi connectivity index (χ4v) is 8.88. The van der Waals surface area contributed by atoms with Crippen LogP contribution >= 0.6 is 36.1 Å². The first-order chi connectivity index (χ1) is 14.1. The first kappa shape index (κ1) is 35.5. The van der Waals surface area contributed by atoms with E-state index in [2.05, 4.69) is 41.5 Å². The summed E-state index contributed by atoms with van der Waals surface area (Å²) in [4.78, 5) is 0. The van der Waals surface area contributed by atoms with Gasteiger partial charge >= 0.3 is 33.2 Å². The first-order valence-corrected chi connectivity index (χ1v) is 19.1. The minimum absolute atomic E-state index is 0.382. The van der Waals surface area contributed by atoms with Crippen molar-refractivity contribution >= 4 is 36.1 Å². The van der Waals surface area contributed by atoms with Gasteiger partial charge < -0.3 is 0 Å². The molecule has 0 nitrogen and oxygen atoms in total. The number of unbranched alkanes of at least 4 members (excludes halogenated alkanes) is 6. The summed E-state index contributed by atoms with van der Waals surface area (Å²) in [7, 11) is 10.3. The van der Waals surface area contributed by atoms with Gasteiger partial charge in [0.05, 0.1) is 0 Å². The van der Waals surface area contributed by atoms with Crippen molar-refractivity contribution in [3.8, 4) is 0 Å². The third kappa shape index (κ3) is 34.7. The van der Waals surface area contributed by atoms with E-state index in [-0.39, 0.29) is 0 Å². The second kappa shape index (κ2) is 34.6. The maximum atomic E-state index is 4.73. The second-order valence-electron chi connectivity index (χ2n) is 7.85. The van der Waals surface area contributed by atoms with Crippen LogP contribution in [0.5, 0.6) is 0 Å². The minimum atomic E-state index is 0.382. The third-order valence-corrected chi connectivity index (χ3v) is 10.7. The Balaban J connectivity index is -0.000000410. The Hall–Kier alpha value is 1.95. The summed E-state index contributed by atoms with van der Waals surface area (Å²) < 4.78 is 0. The van der Waals surface area contributed by atoms with Gasteiger partial charge in [-0.1, -0.05) is 80.1 Å². The molecule has 0 aromatic heterocycles. The molecule has 0 unspecified atom stereocenters. The molecule has 0 atom stereocenters. The Morgan fingerprint density at radius 2 is 0.552 bits per heavy atom. The van der Waals surface area contributed by atoms with Crippen LogP contribution in [0.25, 0.3) is 0 Å². The van der Waals surface area contributed by atoms with Crippen LogP contribution in [0.2, 0.25) is 0 Å². The van der Waals surface area contributed by atoms with Gasteiger partial charge in [-0.05, 0) is 75.5 Å².